The van der Waals surface area contributed by atoms with Crippen molar-refractivity contribution in [3.63, 3.8) is 0 Å². The standard InChI is InChI=1S/C8H12N4O/c9-6-2-4-12(5-6)8(13)7-1-3-10-11-7/h1,3,6H,2,4-5,9H2,(H,10,11). The zero-order valence-corrected chi connectivity index (χ0v) is 7.23. The number of nitrogens with one attached hydrogen (secondary N) is 1. The molecule has 0 bridgehead atoms. The number of aromatic nitrogens is 2. The van der Waals surface area contributed by atoms with Crippen LogP contribution in [0.1, 0.15) is 16.9 Å². The maximum absolute atomic E-state index is 11.7. The summed E-state index contributed by atoms with van der Waals surface area (Å²) in [6.07, 6.45) is 2.46. The highest BCUT2D eigenvalue weighted by atomic mass is 16.2. The fourth-order valence-corrected chi connectivity index (χ4v) is 1.52. The fraction of sp³-hybridized carbons (Fsp3) is 0.500. The van der Waals surface area contributed by atoms with Crippen molar-refractivity contribution < 1.29 is 4.79 Å². The highest BCUT2D eigenvalue weighted by Gasteiger charge is 2.24. The molecule has 70 valence electrons. The number of aromatic amines is 1. The number of hydrogen-bond donors (Lipinski definition) is 2. The smallest absolute Gasteiger partial charge is 0.271 e. The molecule has 0 saturated carbocycles. The van der Waals surface area contributed by atoms with Gasteiger partial charge in [-0.3, -0.25) is 9.89 Å². The van der Waals surface area contributed by atoms with Gasteiger partial charge in [0.25, 0.3) is 5.91 Å². The van der Waals surface area contributed by atoms with E-state index >= 15 is 0 Å². The summed E-state index contributed by atoms with van der Waals surface area (Å²) < 4.78 is 0. The van der Waals surface area contributed by atoms with Crippen LogP contribution in [-0.2, 0) is 0 Å². The number of carbonyl (C=O) groups is 1. The molecule has 2 heterocycles. The van der Waals surface area contributed by atoms with Gasteiger partial charge in [-0.25, -0.2) is 0 Å². The maximum atomic E-state index is 11.7. The minimum atomic E-state index is -0.00884. The van der Waals surface area contributed by atoms with Gasteiger partial charge in [0, 0.05) is 25.3 Å². The Balaban J connectivity index is 2.06. The molecule has 0 radical (unpaired) electrons. The molecule has 1 aromatic heterocycles. The molecule has 3 N–H and O–H groups in total. The molecule has 1 amide bonds. The number of likely N-dealkylation sites (tertiary alicyclic amines) is 1. The van der Waals surface area contributed by atoms with Crippen LogP contribution >= 0.6 is 0 Å². The number of hydrogen-bond acceptors (Lipinski definition) is 3. The molecule has 1 unspecified atom stereocenters. The first-order valence-electron chi connectivity index (χ1n) is 4.31. The van der Waals surface area contributed by atoms with Crippen molar-refractivity contribution in [3.05, 3.63) is 18.0 Å². The third kappa shape index (κ3) is 1.55. The predicted octanol–water partition coefficient (Wildman–Crippen LogP) is -0.417. The van der Waals surface area contributed by atoms with Gasteiger partial charge in [0.1, 0.15) is 5.69 Å². The normalized spacial score (nSPS) is 22.2. The quantitative estimate of drug-likeness (QED) is 0.616. The average molecular weight is 180 g/mol. The number of nitrogens with zero attached hydrogens (tertiary/aromatic N) is 2. The van der Waals surface area contributed by atoms with Crippen molar-refractivity contribution in [2.75, 3.05) is 13.1 Å². The number of nitrogens with two attached hydrogens (primary N) is 1. The van der Waals surface area contributed by atoms with Gasteiger partial charge < -0.3 is 10.6 Å². The van der Waals surface area contributed by atoms with E-state index in [9.17, 15) is 4.79 Å². The van der Waals surface area contributed by atoms with E-state index in [2.05, 4.69) is 10.2 Å². The summed E-state index contributed by atoms with van der Waals surface area (Å²) in [7, 11) is 0. The molecule has 0 aliphatic carbocycles. The van der Waals surface area contributed by atoms with Crippen LogP contribution in [0.3, 0.4) is 0 Å². The van der Waals surface area contributed by atoms with Crippen molar-refractivity contribution in [3.8, 4) is 0 Å². The van der Waals surface area contributed by atoms with Crippen LogP contribution in [0.4, 0.5) is 0 Å². The third-order valence-electron chi connectivity index (χ3n) is 2.24. The summed E-state index contributed by atoms with van der Waals surface area (Å²) in [5, 5.41) is 6.38. The second-order valence-electron chi connectivity index (χ2n) is 3.27. The lowest BCUT2D eigenvalue weighted by molar-refractivity contribution is 0.0785. The van der Waals surface area contributed by atoms with Gasteiger partial charge in [-0.2, -0.15) is 5.10 Å². The number of H-pyrrole nitrogens is 1. The molecule has 2 rings (SSSR count). The van der Waals surface area contributed by atoms with Crippen molar-refractivity contribution in [2.45, 2.75) is 12.5 Å². The third-order valence-corrected chi connectivity index (χ3v) is 2.24. The Kier molecular flexibility index (Phi) is 2.02. The highest BCUT2D eigenvalue weighted by Crippen LogP contribution is 2.10. The van der Waals surface area contributed by atoms with Crippen molar-refractivity contribution in [1.29, 1.82) is 0 Å². The van der Waals surface area contributed by atoms with Crippen molar-refractivity contribution >= 4 is 5.91 Å². The van der Waals surface area contributed by atoms with Gasteiger partial charge >= 0.3 is 0 Å². The average Bonchev–Trinajstić information content (AvgIpc) is 2.72. The lowest BCUT2D eigenvalue weighted by atomic mass is 10.3. The summed E-state index contributed by atoms with van der Waals surface area (Å²) in [6, 6.07) is 1.80. The van der Waals surface area contributed by atoms with Gasteiger partial charge in [0.15, 0.2) is 0 Å². The molecular formula is C8H12N4O. The van der Waals surface area contributed by atoms with E-state index in [1.807, 2.05) is 0 Å². The zero-order chi connectivity index (χ0) is 9.26. The molecule has 5 heteroatoms. The Labute approximate surface area is 75.9 Å². The van der Waals surface area contributed by atoms with Crippen molar-refractivity contribution in [2.24, 2.45) is 5.73 Å². The molecule has 1 aromatic rings. The minimum absolute atomic E-state index is 0.00884. The van der Waals surface area contributed by atoms with E-state index in [4.69, 9.17) is 5.73 Å². The summed E-state index contributed by atoms with van der Waals surface area (Å²) in [6.45, 7) is 1.40. The molecule has 13 heavy (non-hydrogen) atoms. The first-order chi connectivity index (χ1) is 6.27. The van der Waals surface area contributed by atoms with Gasteiger partial charge in [-0.05, 0) is 12.5 Å². The number of carbonyl (C=O) groups excluding carboxylic acids is 1. The van der Waals surface area contributed by atoms with Crippen LogP contribution in [0, 0.1) is 0 Å². The van der Waals surface area contributed by atoms with Gasteiger partial charge in [-0.15, -0.1) is 0 Å². The summed E-state index contributed by atoms with van der Waals surface area (Å²) in [4.78, 5) is 13.4. The van der Waals surface area contributed by atoms with E-state index < -0.39 is 0 Å². The van der Waals surface area contributed by atoms with Crippen molar-refractivity contribution in [1.82, 2.24) is 15.1 Å². The SMILES string of the molecule is NC1CCN(C(=O)c2ccn[nH]2)C1. The number of amides is 1. The van der Waals surface area contributed by atoms with Crippen LogP contribution in [-0.4, -0.2) is 40.1 Å². The molecule has 1 fully saturated rings. The predicted molar refractivity (Wildman–Crippen MR) is 47.1 cm³/mol. The Morgan fingerprint density at radius 2 is 2.62 bits per heavy atom. The molecule has 0 spiro atoms. The van der Waals surface area contributed by atoms with Gasteiger partial charge in [0.2, 0.25) is 0 Å². The fourth-order valence-electron chi connectivity index (χ4n) is 1.52. The Morgan fingerprint density at radius 1 is 1.77 bits per heavy atom. The Morgan fingerprint density at radius 3 is 3.15 bits per heavy atom. The second-order valence-corrected chi connectivity index (χ2v) is 3.27. The highest BCUT2D eigenvalue weighted by molar-refractivity contribution is 5.92. The number of rotatable bonds is 1. The minimum Gasteiger partial charge on any atom is -0.336 e. The van der Waals surface area contributed by atoms with Crippen LogP contribution in [0.5, 0.6) is 0 Å². The van der Waals surface area contributed by atoms with E-state index in [0.29, 0.717) is 12.2 Å². The summed E-state index contributed by atoms with van der Waals surface area (Å²) >= 11 is 0. The molecule has 5 nitrogen and oxygen atoms in total. The monoisotopic (exact) mass is 180 g/mol. The van der Waals surface area contributed by atoms with Gasteiger partial charge in [0.05, 0.1) is 0 Å². The lowest BCUT2D eigenvalue weighted by Crippen LogP contribution is -2.32. The molecule has 1 aliphatic rings. The molecule has 1 saturated heterocycles. The van der Waals surface area contributed by atoms with Crippen LogP contribution in [0.2, 0.25) is 0 Å². The maximum Gasteiger partial charge on any atom is 0.271 e. The Hall–Kier alpha value is -1.36. The topological polar surface area (TPSA) is 75.0 Å². The molecule has 1 aliphatic heterocycles. The first-order valence-corrected chi connectivity index (χ1v) is 4.31. The van der Waals surface area contributed by atoms with E-state index in [-0.39, 0.29) is 11.9 Å². The molecular weight excluding hydrogens is 168 g/mol. The van der Waals surface area contributed by atoms with E-state index in [1.54, 1.807) is 17.2 Å². The van der Waals surface area contributed by atoms with E-state index in [1.165, 1.54) is 0 Å². The first kappa shape index (κ1) is 8.25. The lowest BCUT2D eigenvalue weighted by Gasteiger charge is -2.13. The summed E-state index contributed by atoms with van der Waals surface area (Å²) in [5.41, 5.74) is 6.23. The second kappa shape index (κ2) is 3.18. The zero-order valence-electron chi connectivity index (χ0n) is 7.23. The molecule has 0 aromatic carbocycles. The Bertz CT molecular complexity index is 295. The van der Waals surface area contributed by atoms with Gasteiger partial charge in [-0.1, -0.05) is 0 Å². The van der Waals surface area contributed by atoms with Crippen LogP contribution in [0.15, 0.2) is 12.3 Å². The molecule has 1 atom stereocenters. The largest absolute Gasteiger partial charge is 0.336 e. The van der Waals surface area contributed by atoms with Crippen LogP contribution in [0.25, 0.3) is 0 Å². The van der Waals surface area contributed by atoms with E-state index in [0.717, 1.165) is 13.0 Å². The summed E-state index contributed by atoms with van der Waals surface area (Å²) in [5.74, 6) is -0.00884. The van der Waals surface area contributed by atoms with Crippen LogP contribution < -0.4 is 5.73 Å².